The summed E-state index contributed by atoms with van der Waals surface area (Å²) >= 11 is 0. The lowest BCUT2D eigenvalue weighted by Crippen LogP contribution is -2.55. The molecule has 2 atom stereocenters. The van der Waals surface area contributed by atoms with Crippen LogP contribution in [0.1, 0.15) is 45.2 Å². The highest BCUT2D eigenvalue weighted by Crippen LogP contribution is 2.36. The van der Waals surface area contributed by atoms with Gasteiger partial charge in [0.2, 0.25) is 11.9 Å². The van der Waals surface area contributed by atoms with E-state index in [0.29, 0.717) is 29.9 Å². The van der Waals surface area contributed by atoms with Crippen LogP contribution in [0.2, 0.25) is 0 Å². The van der Waals surface area contributed by atoms with Crippen LogP contribution in [0.3, 0.4) is 0 Å². The summed E-state index contributed by atoms with van der Waals surface area (Å²) in [4.78, 5) is 26.1. The van der Waals surface area contributed by atoms with E-state index in [4.69, 9.17) is 5.73 Å². The third-order valence-corrected chi connectivity index (χ3v) is 7.43. The highest BCUT2D eigenvalue weighted by molar-refractivity contribution is 5.90. The van der Waals surface area contributed by atoms with E-state index in [1.807, 2.05) is 6.92 Å². The number of rotatable bonds is 7. The van der Waals surface area contributed by atoms with Crippen molar-refractivity contribution in [3.8, 4) is 11.3 Å². The van der Waals surface area contributed by atoms with E-state index in [1.165, 1.54) is 11.4 Å². The predicted molar refractivity (Wildman–Crippen MR) is 140 cm³/mol. The van der Waals surface area contributed by atoms with Gasteiger partial charge in [-0.3, -0.25) is 19.2 Å². The van der Waals surface area contributed by atoms with Crippen LogP contribution in [0.15, 0.2) is 23.3 Å². The number of halogens is 4. The molecule has 208 valence electrons. The van der Waals surface area contributed by atoms with Crippen molar-refractivity contribution in [3.63, 3.8) is 0 Å². The molecule has 0 aliphatic carbocycles. The zero-order valence-corrected chi connectivity index (χ0v) is 21.7. The van der Waals surface area contributed by atoms with Crippen LogP contribution < -0.4 is 11.1 Å². The molecule has 3 aromatic rings. The van der Waals surface area contributed by atoms with Gasteiger partial charge in [-0.15, -0.1) is 5.10 Å². The zero-order valence-electron chi connectivity index (χ0n) is 21.7. The van der Waals surface area contributed by atoms with Gasteiger partial charge in [0.15, 0.2) is 11.6 Å². The molecule has 1 saturated heterocycles. The van der Waals surface area contributed by atoms with E-state index in [-0.39, 0.29) is 48.4 Å². The van der Waals surface area contributed by atoms with Crippen LogP contribution in [-0.4, -0.2) is 67.8 Å². The third kappa shape index (κ3) is 5.26. The van der Waals surface area contributed by atoms with Gasteiger partial charge in [0.05, 0.1) is 48.1 Å². The van der Waals surface area contributed by atoms with Gasteiger partial charge in [0.1, 0.15) is 5.52 Å². The first-order valence-corrected chi connectivity index (χ1v) is 12.9. The van der Waals surface area contributed by atoms with Crippen molar-refractivity contribution in [2.45, 2.75) is 57.9 Å². The molecule has 3 N–H and O–H groups in total. The summed E-state index contributed by atoms with van der Waals surface area (Å²) in [5, 5.41) is 6.80. The number of hydrogen-bond donors (Lipinski definition) is 2. The second-order valence-corrected chi connectivity index (χ2v) is 10.2. The van der Waals surface area contributed by atoms with Crippen molar-refractivity contribution in [2.75, 3.05) is 30.8 Å². The van der Waals surface area contributed by atoms with E-state index >= 15 is 4.39 Å². The van der Waals surface area contributed by atoms with Gasteiger partial charge in [0, 0.05) is 25.1 Å². The minimum atomic E-state index is -3.22. The molecule has 0 aromatic carbocycles. The number of piperidine rings is 1. The molecule has 5 heterocycles. The molecule has 9 nitrogen and oxygen atoms in total. The first-order chi connectivity index (χ1) is 18.6. The van der Waals surface area contributed by atoms with Gasteiger partial charge in [-0.2, -0.15) is 4.98 Å². The maximum absolute atomic E-state index is 15.3. The molecular formula is C26H30F4N8O. The number of nitrogens with one attached hydrogen (secondary N) is 1. The number of nitrogen functional groups attached to an aromatic ring is 1. The molecule has 0 saturated carbocycles. The Kier molecular flexibility index (Phi) is 7.17. The molecule has 1 amide bonds. The molecule has 1 unspecified atom stereocenters. The Hall–Kier alpha value is -3.77. The predicted octanol–water partition coefficient (Wildman–Crippen LogP) is 4.59. The van der Waals surface area contributed by atoms with E-state index in [2.05, 4.69) is 25.4 Å². The molecule has 39 heavy (non-hydrogen) atoms. The van der Waals surface area contributed by atoms with Crippen LogP contribution in [0.5, 0.6) is 0 Å². The summed E-state index contributed by atoms with van der Waals surface area (Å²) in [6.07, 6.45) is 3.72. The van der Waals surface area contributed by atoms with Crippen LogP contribution in [0.4, 0.5) is 35.0 Å². The number of pyridine rings is 1. The maximum Gasteiger partial charge on any atom is 0.285 e. The van der Waals surface area contributed by atoms with Gasteiger partial charge in [-0.05, 0) is 44.7 Å². The minimum absolute atomic E-state index is 0.0189. The second-order valence-electron chi connectivity index (χ2n) is 10.2. The number of nitrogens with two attached hydrogens (primary N) is 1. The highest BCUT2D eigenvalue weighted by Gasteiger charge is 2.46. The lowest BCUT2D eigenvalue weighted by molar-refractivity contribution is -0.140. The number of likely N-dealkylation sites (tertiary alicyclic amines) is 1. The molecule has 3 aromatic heterocycles. The summed E-state index contributed by atoms with van der Waals surface area (Å²) in [7, 11) is 0. The number of carbonyl (C=O) groups is 1. The number of anilines is 2. The molecule has 0 radical (unpaired) electrons. The number of aliphatic imine (C=N–C) groups is 1. The summed E-state index contributed by atoms with van der Waals surface area (Å²) in [5.74, 6) is -4.44. The first-order valence-electron chi connectivity index (χ1n) is 12.9. The molecule has 2 aliphatic rings. The topological polar surface area (TPSA) is 114 Å². The first kappa shape index (κ1) is 26.8. The van der Waals surface area contributed by atoms with Gasteiger partial charge in [0.25, 0.3) is 5.92 Å². The van der Waals surface area contributed by atoms with Gasteiger partial charge in [-0.1, -0.05) is 6.42 Å². The lowest BCUT2D eigenvalue weighted by atomic mass is 9.89. The standard InChI is InChI=1S/C26H30F4N8O/c1-14-16(5-3-4-9-27)11-20-18(32-14)6-7-19(33-20)22-17(28)12-38-23(22)24(31)35-25(36-38)34-21-8-10-37(15(2)39)13-26(21,29)30/h6-7,12,16,21H,3-5,8-11,13H2,1-2H3,(H3,31,34,35,36)/t16?,21-/m1/s1. The van der Waals surface area contributed by atoms with Crippen molar-refractivity contribution in [1.29, 1.82) is 0 Å². The van der Waals surface area contributed by atoms with Crippen LogP contribution in [-0.2, 0) is 11.2 Å². The van der Waals surface area contributed by atoms with Crippen LogP contribution in [0, 0.1) is 11.7 Å². The molecule has 0 bridgehead atoms. The van der Waals surface area contributed by atoms with Gasteiger partial charge in [-0.25, -0.2) is 17.7 Å². The fourth-order valence-electron chi connectivity index (χ4n) is 5.27. The zero-order chi connectivity index (χ0) is 27.9. The van der Waals surface area contributed by atoms with E-state index in [1.54, 1.807) is 12.1 Å². The Labute approximate surface area is 222 Å². The Bertz CT molecular complexity index is 1440. The number of unbranched alkanes of at least 4 members (excludes halogenated alkanes) is 1. The molecule has 0 spiro atoms. The lowest BCUT2D eigenvalue weighted by Gasteiger charge is -2.38. The largest absolute Gasteiger partial charge is 0.382 e. The van der Waals surface area contributed by atoms with Gasteiger partial charge >= 0.3 is 0 Å². The Morgan fingerprint density at radius 2 is 2.05 bits per heavy atom. The van der Waals surface area contributed by atoms with Crippen molar-refractivity contribution < 1.29 is 22.4 Å². The number of alkyl halides is 3. The van der Waals surface area contributed by atoms with Crippen molar-refractivity contribution >= 4 is 34.6 Å². The minimum Gasteiger partial charge on any atom is -0.382 e. The molecule has 1 fully saturated rings. The normalized spacial score (nSPS) is 20.6. The second kappa shape index (κ2) is 10.4. The number of hydrogen-bond acceptors (Lipinski definition) is 7. The Balaban J connectivity index is 1.42. The number of fused-ring (bicyclic) bond motifs is 2. The van der Waals surface area contributed by atoms with Crippen molar-refractivity contribution in [2.24, 2.45) is 10.9 Å². The van der Waals surface area contributed by atoms with E-state index in [9.17, 15) is 18.0 Å². The van der Waals surface area contributed by atoms with Crippen molar-refractivity contribution in [3.05, 3.63) is 29.8 Å². The SMILES string of the molecule is CC(=O)N1CC[C@@H](Nc2nc(N)c3c(-c4ccc5c(n4)CC(CCCCF)C(C)=N5)c(F)cn3n2)C(F)(F)C1. The highest BCUT2D eigenvalue weighted by atomic mass is 19.3. The number of amides is 1. The number of carbonyl (C=O) groups excluding carboxylic acids is 1. The van der Waals surface area contributed by atoms with Gasteiger partial charge < -0.3 is 16.0 Å². The molecule has 13 heteroatoms. The quantitative estimate of drug-likeness (QED) is 0.331. The maximum atomic E-state index is 15.3. The smallest absolute Gasteiger partial charge is 0.285 e. The van der Waals surface area contributed by atoms with E-state index in [0.717, 1.165) is 29.7 Å². The summed E-state index contributed by atoms with van der Waals surface area (Å²) < 4.78 is 58.4. The summed E-state index contributed by atoms with van der Waals surface area (Å²) in [6.45, 7) is 2.28. The van der Waals surface area contributed by atoms with E-state index < -0.39 is 30.2 Å². The van der Waals surface area contributed by atoms with Crippen molar-refractivity contribution in [1.82, 2.24) is 24.5 Å². The summed E-state index contributed by atoms with van der Waals surface area (Å²) in [5.41, 5.74) is 9.15. The average Bonchev–Trinajstić information content (AvgIpc) is 3.21. The monoisotopic (exact) mass is 546 g/mol. The third-order valence-electron chi connectivity index (χ3n) is 7.43. The molecule has 5 rings (SSSR count). The Morgan fingerprint density at radius 1 is 1.26 bits per heavy atom. The molecule has 2 aliphatic heterocycles. The average molecular weight is 547 g/mol. The fourth-order valence-corrected chi connectivity index (χ4v) is 5.27. The van der Waals surface area contributed by atoms with Crippen LogP contribution in [0.25, 0.3) is 16.8 Å². The fraction of sp³-hybridized carbons (Fsp3) is 0.500. The van der Waals surface area contributed by atoms with Crippen LogP contribution >= 0.6 is 0 Å². The molecular weight excluding hydrogens is 516 g/mol. The Morgan fingerprint density at radius 3 is 2.77 bits per heavy atom. The number of aromatic nitrogens is 4. The number of nitrogens with zero attached hydrogens (tertiary/aromatic N) is 6. The summed E-state index contributed by atoms with van der Waals surface area (Å²) in [6, 6.07) is 2.09.